The second kappa shape index (κ2) is 4.87. The summed E-state index contributed by atoms with van der Waals surface area (Å²) in [5.74, 6) is 0.599. The van der Waals surface area contributed by atoms with Crippen LogP contribution in [0.25, 0.3) is 0 Å². The molecule has 2 rings (SSSR count). The molecule has 0 saturated carbocycles. The summed E-state index contributed by atoms with van der Waals surface area (Å²) in [7, 11) is 0. The highest BCUT2D eigenvalue weighted by atomic mass is 79.9. The van der Waals surface area contributed by atoms with Gasteiger partial charge in [-0.05, 0) is 58.6 Å². The molecule has 0 spiro atoms. The molecule has 0 saturated heterocycles. The van der Waals surface area contributed by atoms with E-state index in [9.17, 15) is 4.79 Å². The average molecular weight is 338 g/mol. The number of amides is 1. The van der Waals surface area contributed by atoms with Gasteiger partial charge in [0.15, 0.2) is 0 Å². The van der Waals surface area contributed by atoms with Crippen LogP contribution in [0.1, 0.15) is 58.1 Å². The van der Waals surface area contributed by atoms with Crippen LogP contribution in [-0.2, 0) is 4.79 Å². The van der Waals surface area contributed by atoms with Gasteiger partial charge in [0.1, 0.15) is 0 Å². The third kappa shape index (κ3) is 2.65. The minimum Gasteiger partial charge on any atom is -0.305 e. The van der Waals surface area contributed by atoms with Crippen molar-refractivity contribution >= 4 is 27.5 Å². The lowest BCUT2D eigenvalue weighted by Crippen LogP contribution is -2.56. The molecule has 2 nitrogen and oxygen atoms in total. The smallest absolute Gasteiger partial charge is 0.243 e. The van der Waals surface area contributed by atoms with Crippen LogP contribution >= 0.6 is 15.9 Å². The first-order valence-electron chi connectivity index (χ1n) is 7.18. The fourth-order valence-electron chi connectivity index (χ4n) is 3.20. The van der Waals surface area contributed by atoms with Gasteiger partial charge in [0.05, 0.1) is 4.32 Å². The molecule has 3 heteroatoms. The Hall–Kier alpha value is -0.830. The summed E-state index contributed by atoms with van der Waals surface area (Å²) in [4.78, 5) is 14.9. The van der Waals surface area contributed by atoms with Gasteiger partial charge < -0.3 is 4.90 Å². The molecule has 110 valence electrons. The van der Waals surface area contributed by atoms with Gasteiger partial charge in [0, 0.05) is 11.2 Å². The van der Waals surface area contributed by atoms with Gasteiger partial charge in [-0.25, -0.2) is 0 Å². The molecule has 0 radical (unpaired) electrons. The van der Waals surface area contributed by atoms with E-state index in [1.807, 2.05) is 18.7 Å². The van der Waals surface area contributed by atoms with E-state index in [0.717, 1.165) is 12.1 Å². The molecule has 1 aliphatic heterocycles. The normalized spacial score (nSPS) is 21.6. The predicted molar refractivity (Wildman–Crippen MR) is 88.8 cm³/mol. The van der Waals surface area contributed by atoms with E-state index in [1.165, 1.54) is 11.1 Å². The van der Waals surface area contributed by atoms with Crippen molar-refractivity contribution < 1.29 is 4.79 Å². The number of hydrogen-bond donors (Lipinski definition) is 0. The summed E-state index contributed by atoms with van der Waals surface area (Å²) >= 11 is 3.52. The maximum atomic E-state index is 12.9. The number of fused-ring (bicyclic) bond motifs is 1. The number of aryl methyl sites for hydroxylation is 1. The van der Waals surface area contributed by atoms with Crippen LogP contribution in [-0.4, -0.2) is 15.8 Å². The lowest BCUT2D eigenvalue weighted by atomic mass is 9.79. The fraction of sp³-hybridized carbons (Fsp3) is 0.588. The maximum Gasteiger partial charge on any atom is 0.243 e. The number of halogens is 1. The number of nitrogens with zero attached hydrogens (tertiary/aromatic N) is 1. The standard InChI is InChI=1S/C17H24BrNO/c1-11-7-8-14-13(9-11)12(2)10-16(3,4)19(14)15(20)17(5,6)18/h7-9,12H,10H2,1-6H3. The number of hydrogen-bond acceptors (Lipinski definition) is 1. The highest BCUT2D eigenvalue weighted by Gasteiger charge is 2.43. The van der Waals surface area contributed by atoms with Gasteiger partial charge in [0.2, 0.25) is 5.91 Å². The lowest BCUT2D eigenvalue weighted by molar-refractivity contribution is -0.121. The van der Waals surface area contributed by atoms with Gasteiger partial charge in [-0.15, -0.1) is 0 Å². The van der Waals surface area contributed by atoms with Gasteiger partial charge in [-0.1, -0.05) is 40.5 Å². The van der Waals surface area contributed by atoms with E-state index < -0.39 is 4.32 Å². The molecule has 0 N–H and O–H groups in total. The Morgan fingerprint density at radius 3 is 2.55 bits per heavy atom. The number of alkyl halides is 1. The third-order valence-corrected chi connectivity index (χ3v) is 4.42. The summed E-state index contributed by atoms with van der Waals surface area (Å²) in [6.07, 6.45) is 0.984. The SMILES string of the molecule is Cc1ccc2c(c1)C(C)CC(C)(C)N2C(=O)C(C)(C)Br. The Balaban J connectivity index is 2.60. The molecular weight excluding hydrogens is 314 g/mol. The first kappa shape index (κ1) is 15.6. The number of anilines is 1. The fourth-order valence-corrected chi connectivity index (χ4v) is 3.38. The average Bonchev–Trinajstić information content (AvgIpc) is 2.27. The van der Waals surface area contributed by atoms with Crippen molar-refractivity contribution in [1.82, 2.24) is 0 Å². The van der Waals surface area contributed by atoms with E-state index in [4.69, 9.17) is 0 Å². The van der Waals surface area contributed by atoms with Crippen molar-refractivity contribution in [3.05, 3.63) is 29.3 Å². The number of benzene rings is 1. The highest BCUT2D eigenvalue weighted by molar-refractivity contribution is 9.10. The Kier molecular flexibility index (Phi) is 3.79. The van der Waals surface area contributed by atoms with Crippen LogP contribution in [0.4, 0.5) is 5.69 Å². The largest absolute Gasteiger partial charge is 0.305 e. The third-order valence-electron chi connectivity index (χ3n) is 4.08. The summed E-state index contributed by atoms with van der Waals surface area (Å²) in [6, 6.07) is 6.41. The minimum absolute atomic E-state index is 0.125. The second-order valence-electron chi connectivity index (χ2n) is 7.09. The molecule has 1 aromatic carbocycles. The van der Waals surface area contributed by atoms with E-state index in [1.54, 1.807) is 0 Å². The Labute approximate surface area is 130 Å². The van der Waals surface area contributed by atoms with Crippen LogP contribution in [0.5, 0.6) is 0 Å². The Bertz CT molecular complexity index is 542. The van der Waals surface area contributed by atoms with Crippen molar-refractivity contribution in [2.75, 3.05) is 4.90 Å². The van der Waals surface area contributed by atoms with Crippen LogP contribution in [0.3, 0.4) is 0 Å². The molecule has 0 aliphatic carbocycles. The molecule has 1 aliphatic rings. The van der Waals surface area contributed by atoms with Gasteiger partial charge in [0.25, 0.3) is 0 Å². The molecule has 20 heavy (non-hydrogen) atoms. The van der Waals surface area contributed by atoms with Crippen molar-refractivity contribution in [2.45, 2.75) is 63.7 Å². The molecule has 1 heterocycles. The van der Waals surface area contributed by atoms with Crippen LogP contribution in [0.15, 0.2) is 18.2 Å². The zero-order valence-corrected chi connectivity index (χ0v) is 14.8. The molecular formula is C17H24BrNO. The molecule has 0 fully saturated rings. The minimum atomic E-state index is -0.549. The lowest BCUT2D eigenvalue weighted by Gasteiger charge is -2.47. The first-order valence-corrected chi connectivity index (χ1v) is 7.97. The quantitative estimate of drug-likeness (QED) is 0.675. The van der Waals surface area contributed by atoms with Crippen LogP contribution < -0.4 is 4.90 Å². The zero-order chi connectivity index (χ0) is 15.3. The predicted octanol–water partition coefficient (Wildman–Crippen LogP) is 4.79. The van der Waals surface area contributed by atoms with Crippen LogP contribution in [0.2, 0.25) is 0 Å². The van der Waals surface area contributed by atoms with Crippen molar-refractivity contribution in [3.8, 4) is 0 Å². The van der Waals surface area contributed by atoms with E-state index in [0.29, 0.717) is 5.92 Å². The second-order valence-corrected chi connectivity index (χ2v) is 9.08. The van der Waals surface area contributed by atoms with Crippen molar-refractivity contribution in [3.63, 3.8) is 0 Å². The van der Waals surface area contributed by atoms with E-state index in [-0.39, 0.29) is 11.4 Å². The molecule has 1 amide bonds. The monoisotopic (exact) mass is 337 g/mol. The van der Waals surface area contributed by atoms with Crippen LogP contribution in [0, 0.1) is 6.92 Å². The molecule has 1 atom stereocenters. The summed E-state index contributed by atoms with van der Waals surface area (Å²) in [5.41, 5.74) is 3.44. The van der Waals surface area contributed by atoms with Gasteiger partial charge >= 0.3 is 0 Å². The van der Waals surface area contributed by atoms with Crippen molar-refractivity contribution in [2.24, 2.45) is 0 Å². The molecule has 1 unspecified atom stereocenters. The zero-order valence-electron chi connectivity index (χ0n) is 13.2. The van der Waals surface area contributed by atoms with E-state index >= 15 is 0 Å². The Morgan fingerprint density at radius 1 is 1.40 bits per heavy atom. The van der Waals surface area contributed by atoms with E-state index in [2.05, 4.69) is 61.8 Å². The first-order chi connectivity index (χ1) is 9.04. The highest BCUT2D eigenvalue weighted by Crippen LogP contribution is 2.45. The summed E-state index contributed by atoms with van der Waals surface area (Å²) < 4.78 is -0.549. The summed E-state index contributed by atoms with van der Waals surface area (Å²) in [6.45, 7) is 12.5. The topological polar surface area (TPSA) is 20.3 Å². The Morgan fingerprint density at radius 2 is 2.00 bits per heavy atom. The van der Waals surface area contributed by atoms with Crippen molar-refractivity contribution in [1.29, 1.82) is 0 Å². The maximum absolute atomic E-state index is 12.9. The number of carbonyl (C=O) groups excluding carboxylic acids is 1. The molecule has 0 aromatic heterocycles. The van der Waals surface area contributed by atoms with Gasteiger partial charge in [-0.3, -0.25) is 4.79 Å². The number of carbonyl (C=O) groups is 1. The molecule has 1 aromatic rings. The van der Waals surface area contributed by atoms with Gasteiger partial charge in [-0.2, -0.15) is 0 Å². The molecule has 0 bridgehead atoms. The number of rotatable bonds is 1. The summed E-state index contributed by atoms with van der Waals surface area (Å²) in [5, 5.41) is 0.